The molecule has 7 heteroatoms. The Labute approximate surface area is 201 Å². The highest BCUT2D eigenvalue weighted by atomic mass is 16.5. The fraction of sp³-hybridized carbons (Fsp3) is 0.593. The summed E-state index contributed by atoms with van der Waals surface area (Å²) in [5.41, 5.74) is 2.48. The molecule has 2 aliphatic heterocycles. The molecule has 0 radical (unpaired) electrons. The Morgan fingerprint density at radius 2 is 1.74 bits per heavy atom. The molecule has 2 unspecified atom stereocenters. The van der Waals surface area contributed by atoms with Crippen LogP contribution in [0.3, 0.4) is 0 Å². The van der Waals surface area contributed by atoms with Gasteiger partial charge in [0.05, 0.1) is 11.7 Å². The van der Waals surface area contributed by atoms with Gasteiger partial charge in [0.25, 0.3) is 5.91 Å². The second-order valence-electron chi connectivity index (χ2n) is 10.4. The van der Waals surface area contributed by atoms with Gasteiger partial charge in [0.15, 0.2) is 0 Å². The van der Waals surface area contributed by atoms with Crippen LogP contribution in [0.5, 0.6) is 0 Å². The Kier molecular flexibility index (Phi) is 6.73. The van der Waals surface area contributed by atoms with Crippen molar-refractivity contribution in [2.24, 2.45) is 17.8 Å². The van der Waals surface area contributed by atoms with Gasteiger partial charge >= 0.3 is 0 Å². The maximum absolute atomic E-state index is 13.0. The lowest BCUT2D eigenvalue weighted by Gasteiger charge is -2.25. The topological polar surface area (TPSA) is 78.7 Å². The van der Waals surface area contributed by atoms with E-state index in [1.54, 1.807) is 6.92 Å². The Hall–Kier alpha value is -2.67. The van der Waals surface area contributed by atoms with Crippen molar-refractivity contribution in [3.05, 3.63) is 52.9 Å². The van der Waals surface area contributed by atoms with Crippen LogP contribution in [0.4, 0.5) is 0 Å². The number of amides is 2. The number of rotatable bonds is 7. The van der Waals surface area contributed by atoms with Crippen LogP contribution in [0.2, 0.25) is 0 Å². The van der Waals surface area contributed by atoms with Gasteiger partial charge in [0.1, 0.15) is 11.3 Å². The third kappa shape index (κ3) is 4.76. The van der Waals surface area contributed by atoms with Crippen molar-refractivity contribution in [3.8, 4) is 0 Å². The molecule has 5 rings (SSSR count). The smallest absolute Gasteiger partial charge is 0.259 e. The molecule has 0 spiro atoms. The predicted molar refractivity (Wildman–Crippen MR) is 129 cm³/mol. The van der Waals surface area contributed by atoms with Gasteiger partial charge in [-0.05, 0) is 50.5 Å². The number of aromatic nitrogens is 1. The van der Waals surface area contributed by atoms with E-state index in [9.17, 15) is 9.59 Å². The molecule has 1 N–H and O–H groups in total. The third-order valence-corrected chi connectivity index (χ3v) is 8.07. The lowest BCUT2D eigenvalue weighted by atomic mass is 10.0. The van der Waals surface area contributed by atoms with Crippen LogP contribution >= 0.6 is 0 Å². The average Bonchev–Trinajstić information content (AvgIpc) is 3.61. The van der Waals surface area contributed by atoms with Crippen LogP contribution in [-0.4, -0.2) is 59.5 Å². The van der Waals surface area contributed by atoms with Crippen LogP contribution in [0.15, 0.2) is 34.9 Å². The van der Waals surface area contributed by atoms with Crippen molar-refractivity contribution in [1.29, 1.82) is 0 Å². The van der Waals surface area contributed by atoms with Crippen molar-refractivity contribution in [2.45, 2.75) is 52.0 Å². The van der Waals surface area contributed by atoms with Gasteiger partial charge in [0.2, 0.25) is 5.91 Å². The van der Waals surface area contributed by atoms with Gasteiger partial charge in [-0.15, -0.1) is 0 Å². The minimum absolute atomic E-state index is 0.0485. The number of likely N-dealkylation sites (tertiary alicyclic amines) is 2. The van der Waals surface area contributed by atoms with Gasteiger partial charge in [-0.2, -0.15) is 0 Å². The van der Waals surface area contributed by atoms with Crippen molar-refractivity contribution in [1.82, 2.24) is 20.3 Å². The molecular formula is C27H36N4O3. The van der Waals surface area contributed by atoms with Crippen molar-refractivity contribution < 1.29 is 14.1 Å². The number of nitrogens with zero attached hydrogens (tertiary/aromatic N) is 3. The maximum Gasteiger partial charge on any atom is 0.259 e. The van der Waals surface area contributed by atoms with Crippen LogP contribution in [0.1, 0.15) is 65.5 Å². The zero-order valence-corrected chi connectivity index (χ0v) is 20.3. The second-order valence-corrected chi connectivity index (χ2v) is 10.4. The summed E-state index contributed by atoms with van der Waals surface area (Å²) in [6.07, 6.45) is 5.28. The van der Waals surface area contributed by atoms with Crippen LogP contribution in [0.25, 0.3) is 0 Å². The van der Waals surface area contributed by atoms with E-state index in [0.29, 0.717) is 28.9 Å². The van der Waals surface area contributed by atoms with E-state index < -0.39 is 0 Å². The van der Waals surface area contributed by atoms with Crippen LogP contribution in [-0.2, 0) is 4.79 Å². The van der Waals surface area contributed by atoms with Gasteiger partial charge < -0.3 is 19.6 Å². The number of nitrogens with one attached hydrogen (secondary N) is 1. The minimum Gasteiger partial charge on any atom is -0.361 e. The molecule has 3 atom stereocenters. The number of benzene rings is 1. The second kappa shape index (κ2) is 9.90. The highest BCUT2D eigenvalue weighted by Gasteiger charge is 2.42. The van der Waals surface area contributed by atoms with Crippen LogP contribution in [0, 0.1) is 31.6 Å². The molecule has 34 heavy (non-hydrogen) atoms. The lowest BCUT2D eigenvalue weighted by molar-refractivity contribution is -0.125. The summed E-state index contributed by atoms with van der Waals surface area (Å²) < 4.78 is 5.20. The fourth-order valence-corrected chi connectivity index (χ4v) is 6.18. The molecule has 1 aliphatic carbocycles. The first-order chi connectivity index (χ1) is 16.5. The Morgan fingerprint density at radius 1 is 1.06 bits per heavy atom. The molecule has 3 aliphatic rings. The molecule has 1 aromatic carbocycles. The summed E-state index contributed by atoms with van der Waals surface area (Å²) in [6.45, 7) is 8.20. The highest BCUT2D eigenvalue weighted by molar-refractivity contribution is 5.96. The number of hydrogen-bond acceptors (Lipinski definition) is 5. The zero-order chi connectivity index (χ0) is 23.7. The molecule has 7 nitrogen and oxygen atoms in total. The first kappa shape index (κ1) is 23.1. The first-order valence-electron chi connectivity index (χ1n) is 12.8. The summed E-state index contributed by atoms with van der Waals surface area (Å²) in [5.74, 6) is 2.07. The minimum atomic E-state index is 0.0485. The monoisotopic (exact) mass is 464 g/mol. The lowest BCUT2D eigenvalue weighted by Crippen LogP contribution is -2.36. The standard InChI is InChI=1S/C27H36N4O3/c1-18-25(19(2)34-29-18)27(33)31-16-22-14-30(15-23(22)17-31)13-12-24(20-8-4-3-5-9-20)28-26(32)21-10-6-7-11-21/h3-5,8-9,21-24H,6-7,10-17H2,1-2H3,(H,28,32)/t22?,23?,24-/m0/s1. The van der Waals surface area contributed by atoms with E-state index in [0.717, 1.165) is 52.0 Å². The molecule has 182 valence electrons. The molecule has 2 amide bonds. The predicted octanol–water partition coefficient (Wildman–Crippen LogP) is 3.73. The molecule has 2 aromatic rings. The van der Waals surface area contributed by atoms with E-state index in [4.69, 9.17) is 4.52 Å². The first-order valence-corrected chi connectivity index (χ1v) is 12.8. The molecule has 2 saturated heterocycles. The molecule has 3 heterocycles. The maximum atomic E-state index is 13.0. The van der Waals surface area contributed by atoms with Crippen molar-refractivity contribution >= 4 is 11.8 Å². The number of carbonyl (C=O) groups is 2. The van der Waals surface area contributed by atoms with E-state index >= 15 is 0 Å². The van der Waals surface area contributed by atoms with Crippen molar-refractivity contribution in [2.75, 3.05) is 32.7 Å². The summed E-state index contributed by atoms with van der Waals surface area (Å²) in [4.78, 5) is 30.4. The van der Waals surface area contributed by atoms with Gasteiger partial charge in [-0.3, -0.25) is 9.59 Å². The van der Waals surface area contributed by atoms with Gasteiger partial charge in [-0.1, -0.05) is 48.3 Å². The zero-order valence-electron chi connectivity index (χ0n) is 20.3. The molecule has 1 aromatic heterocycles. The Balaban J connectivity index is 1.16. The quantitative estimate of drug-likeness (QED) is 0.676. The van der Waals surface area contributed by atoms with Gasteiger partial charge in [0, 0.05) is 38.6 Å². The van der Waals surface area contributed by atoms with Crippen molar-refractivity contribution in [3.63, 3.8) is 0 Å². The SMILES string of the molecule is Cc1noc(C)c1C(=O)N1CC2CN(CC[C@H](NC(=O)C3CCCC3)c3ccccc3)CC2C1. The molecule has 1 saturated carbocycles. The summed E-state index contributed by atoms with van der Waals surface area (Å²) in [7, 11) is 0. The number of fused-ring (bicyclic) bond motifs is 1. The van der Waals surface area contributed by atoms with Crippen LogP contribution < -0.4 is 5.32 Å². The number of aryl methyl sites for hydroxylation is 2. The van der Waals surface area contributed by atoms with E-state index in [2.05, 4.69) is 39.6 Å². The Morgan fingerprint density at radius 3 is 2.35 bits per heavy atom. The van der Waals surface area contributed by atoms with E-state index in [1.165, 1.54) is 18.4 Å². The molecule has 3 fully saturated rings. The highest BCUT2D eigenvalue weighted by Crippen LogP contribution is 2.33. The van der Waals surface area contributed by atoms with Gasteiger partial charge in [-0.25, -0.2) is 0 Å². The fourth-order valence-electron chi connectivity index (χ4n) is 6.18. The summed E-state index contributed by atoms with van der Waals surface area (Å²) in [6, 6.07) is 10.4. The number of carbonyl (C=O) groups excluding carboxylic acids is 2. The summed E-state index contributed by atoms with van der Waals surface area (Å²) >= 11 is 0. The molecule has 0 bridgehead atoms. The summed E-state index contributed by atoms with van der Waals surface area (Å²) in [5, 5.41) is 7.31. The average molecular weight is 465 g/mol. The number of hydrogen-bond donors (Lipinski definition) is 1. The largest absolute Gasteiger partial charge is 0.361 e. The Bertz CT molecular complexity index is 981. The van der Waals surface area contributed by atoms with E-state index in [1.807, 2.05) is 17.9 Å². The van der Waals surface area contributed by atoms with E-state index in [-0.39, 0.29) is 23.8 Å². The normalized spacial score (nSPS) is 23.9. The third-order valence-electron chi connectivity index (χ3n) is 8.07. The molecular weight excluding hydrogens is 428 g/mol.